The molecule has 3 rings (SSSR count). The van der Waals surface area contributed by atoms with Gasteiger partial charge in [-0.2, -0.15) is 0 Å². The average molecular weight is 279 g/mol. The highest BCUT2D eigenvalue weighted by Gasteiger charge is 2.35. The number of pyridine rings is 1. The third-order valence-corrected chi connectivity index (χ3v) is 5.07. The Morgan fingerprint density at radius 1 is 1.00 bits per heavy atom. The molecule has 21 heavy (non-hydrogen) atoms. The van der Waals surface area contributed by atoms with E-state index in [-0.39, 0.29) is 10.8 Å². The molecule has 108 valence electrons. The molecule has 1 aromatic heterocycles. The zero-order valence-corrected chi connectivity index (χ0v) is 13.3. The van der Waals surface area contributed by atoms with E-state index in [0.717, 1.165) is 16.6 Å². The molecule has 2 aromatic rings. The Labute approximate surface area is 125 Å². The van der Waals surface area contributed by atoms with Crippen LogP contribution < -0.4 is 5.43 Å². The summed E-state index contributed by atoms with van der Waals surface area (Å²) in [5.41, 5.74) is 7.12. The summed E-state index contributed by atoms with van der Waals surface area (Å²) in [4.78, 5) is 15.8. The summed E-state index contributed by atoms with van der Waals surface area (Å²) in [7, 11) is 0. The van der Waals surface area contributed by atoms with E-state index in [1.165, 1.54) is 22.3 Å². The number of hydrogen-bond acceptors (Lipinski definition) is 1. The van der Waals surface area contributed by atoms with Crippen LogP contribution in [0.2, 0.25) is 0 Å². The largest absolute Gasteiger partial charge is 0.355 e. The smallest absolute Gasteiger partial charge is 0.190 e. The maximum Gasteiger partial charge on any atom is 0.190 e. The van der Waals surface area contributed by atoms with Crippen LogP contribution in [0.15, 0.2) is 51.8 Å². The van der Waals surface area contributed by atoms with Crippen molar-refractivity contribution in [2.24, 2.45) is 5.41 Å². The summed E-state index contributed by atoms with van der Waals surface area (Å²) in [6.07, 6.45) is 0. The minimum atomic E-state index is -0.0421. The van der Waals surface area contributed by atoms with Gasteiger partial charge in [0.1, 0.15) is 0 Å². The molecule has 0 saturated carbocycles. The van der Waals surface area contributed by atoms with E-state index in [1.54, 1.807) is 6.07 Å². The standard InChI is InChI=1S/C19H21NO/c1-11-12(2)18(19(4,5)13(11)3)16-10-17(21)14-8-6-7-9-15(14)20-16/h6-10H,1-5H3,(H,20,21). The van der Waals surface area contributed by atoms with Gasteiger partial charge in [0.2, 0.25) is 0 Å². The van der Waals surface area contributed by atoms with Gasteiger partial charge in [-0.15, -0.1) is 0 Å². The van der Waals surface area contributed by atoms with Gasteiger partial charge >= 0.3 is 0 Å². The minimum Gasteiger partial charge on any atom is -0.355 e. The van der Waals surface area contributed by atoms with Crippen molar-refractivity contribution in [3.8, 4) is 0 Å². The topological polar surface area (TPSA) is 32.9 Å². The van der Waals surface area contributed by atoms with E-state index < -0.39 is 0 Å². The highest BCUT2D eigenvalue weighted by atomic mass is 16.1. The van der Waals surface area contributed by atoms with Crippen molar-refractivity contribution in [3.05, 3.63) is 63.0 Å². The van der Waals surface area contributed by atoms with Crippen molar-refractivity contribution in [1.29, 1.82) is 0 Å². The van der Waals surface area contributed by atoms with Gasteiger partial charge in [0, 0.05) is 28.1 Å². The Hall–Kier alpha value is -2.09. The molecule has 1 N–H and O–H groups in total. The second-order valence-corrected chi connectivity index (χ2v) is 6.47. The summed E-state index contributed by atoms with van der Waals surface area (Å²) < 4.78 is 0. The number of H-pyrrole nitrogens is 1. The van der Waals surface area contributed by atoms with Crippen molar-refractivity contribution in [2.75, 3.05) is 0 Å². The lowest BCUT2D eigenvalue weighted by Gasteiger charge is -2.26. The number of benzene rings is 1. The minimum absolute atomic E-state index is 0.0421. The molecule has 0 bridgehead atoms. The Kier molecular flexibility index (Phi) is 2.94. The third kappa shape index (κ3) is 1.90. The Morgan fingerprint density at radius 2 is 1.67 bits per heavy atom. The second kappa shape index (κ2) is 4.45. The number of aromatic nitrogens is 1. The first-order valence-corrected chi connectivity index (χ1v) is 7.36. The number of para-hydroxylation sites is 1. The first-order valence-electron chi connectivity index (χ1n) is 7.36. The highest BCUT2D eigenvalue weighted by molar-refractivity contribution is 5.85. The van der Waals surface area contributed by atoms with Gasteiger partial charge in [-0.25, -0.2) is 0 Å². The van der Waals surface area contributed by atoms with Crippen LogP contribution in [0.1, 0.15) is 40.3 Å². The van der Waals surface area contributed by atoms with Gasteiger partial charge in [0.05, 0.1) is 0 Å². The monoisotopic (exact) mass is 279 g/mol. The van der Waals surface area contributed by atoms with E-state index in [0.29, 0.717) is 0 Å². The van der Waals surface area contributed by atoms with E-state index in [2.05, 4.69) is 39.6 Å². The molecule has 0 radical (unpaired) electrons. The molecule has 2 heteroatoms. The number of hydrogen-bond donors (Lipinski definition) is 1. The zero-order valence-electron chi connectivity index (χ0n) is 13.3. The van der Waals surface area contributed by atoms with Gasteiger partial charge in [-0.3, -0.25) is 4.79 Å². The number of fused-ring (bicyclic) bond motifs is 1. The van der Waals surface area contributed by atoms with Crippen LogP contribution in [0, 0.1) is 5.41 Å². The summed E-state index contributed by atoms with van der Waals surface area (Å²) in [6.45, 7) is 11.0. The number of rotatable bonds is 1. The lowest BCUT2D eigenvalue weighted by Crippen LogP contribution is -2.15. The molecule has 0 amide bonds. The predicted octanol–water partition coefficient (Wildman–Crippen LogP) is 4.68. The fourth-order valence-corrected chi connectivity index (χ4v) is 3.46. The first-order chi connectivity index (χ1) is 9.84. The van der Waals surface area contributed by atoms with Gasteiger partial charge < -0.3 is 4.98 Å². The van der Waals surface area contributed by atoms with Gasteiger partial charge in [-0.1, -0.05) is 31.6 Å². The molecule has 1 aliphatic rings. The molecule has 0 spiro atoms. The molecule has 0 atom stereocenters. The van der Waals surface area contributed by atoms with Crippen LogP contribution >= 0.6 is 0 Å². The van der Waals surface area contributed by atoms with Gasteiger partial charge in [-0.05, 0) is 49.6 Å². The molecule has 0 saturated heterocycles. The molecule has 0 fully saturated rings. The Balaban J connectivity index is 2.30. The fraction of sp³-hybridized carbons (Fsp3) is 0.316. The zero-order chi connectivity index (χ0) is 15.4. The molecule has 0 aliphatic heterocycles. The maximum atomic E-state index is 12.4. The molecule has 1 aromatic carbocycles. The summed E-state index contributed by atoms with van der Waals surface area (Å²) >= 11 is 0. The van der Waals surface area contributed by atoms with Crippen LogP contribution in [0.5, 0.6) is 0 Å². The molecular weight excluding hydrogens is 258 g/mol. The SMILES string of the molecule is CC1=C(C)C(C)(C)C(c2cc(=O)c3ccccc3[nH]2)=C1C. The van der Waals surface area contributed by atoms with Crippen LogP contribution in [0.3, 0.4) is 0 Å². The predicted molar refractivity (Wildman–Crippen MR) is 89.3 cm³/mol. The van der Waals surface area contributed by atoms with E-state index in [1.807, 2.05) is 24.3 Å². The third-order valence-electron chi connectivity index (χ3n) is 5.07. The normalized spacial score (nSPS) is 18.0. The van der Waals surface area contributed by atoms with E-state index in [9.17, 15) is 4.79 Å². The van der Waals surface area contributed by atoms with Crippen LogP contribution in [-0.2, 0) is 0 Å². The number of aromatic amines is 1. The molecular formula is C19H21NO. The molecule has 1 aliphatic carbocycles. The van der Waals surface area contributed by atoms with Crippen molar-refractivity contribution < 1.29 is 0 Å². The quantitative estimate of drug-likeness (QED) is 0.808. The summed E-state index contributed by atoms with van der Waals surface area (Å²) in [6, 6.07) is 9.43. The Bertz CT molecular complexity index is 863. The molecule has 0 unspecified atom stereocenters. The molecule has 2 nitrogen and oxygen atoms in total. The highest BCUT2D eigenvalue weighted by Crippen LogP contribution is 2.50. The first kappa shape index (κ1) is 13.9. The number of allylic oxidation sites excluding steroid dienone is 4. The van der Waals surface area contributed by atoms with Crippen molar-refractivity contribution in [2.45, 2.75) is 34.6 Å². The fourth-order valence-electron chi connectivity index (χ4n) is 3.46. The van der Waals surface area contributed by atoms with Crippen molar-refractivity contribution in [3.63, 3.8) is 0 Å². The lowest BCUT2D eigenvalue weighted by atomic mass is 9.79. The van der Waals surface area contributed by atoms with Crippen molar-refractivity contribution >= 4 is 16.5 Å². The Morgan fingerprint density at radius 3 is 2.29 bits per heavy atom. The van der Waals surface area contributed by atoms with Gasteiger partial charge in [0.15, 0.2) is 5.43 Å². The van der Waals surface area contributed by atoms with Gasteiger partial charge in [0.25, 0.3) is 0 Å². The van der Waals surface area contributed by atoms with Crippen molar-refractivity contribution in [1.82, 2.24) is 4.98 Å². The van der Waals surface area contributed by atoms with E-state index in [4.69, 9.17) is 0 Å². The summed E-state index contributed by atoms with van der Waals surface area (Å²) in [5, 5.41) is 0.747. The second-order valence-electron chi connectivity index (χ2n) is 6.47. The van der Waals surface area contributed by atoms with Crippen LogP contribution in [0.4, 0.5) is 0 Å². The van der Waals surface area contributed by atoms with Crippen LogP contribution in [0.25, 0.3) is 16.5 Å². The summed E-state index contributed by atoms with van der Waals surface area (Å²) in [5.74, 6) is 0. The van der Waals surface area contributed by atoms with E-state index >= 15 is 0 Å². The van der Waals surface area contributed by atoms with Crippen LogP contribution in [-0.4, -0.2) is 4.98 Å². The maximum absolute atomic E-state index is 12.4. The molecule has 1 heterocycles. The average Bonchev–Trinajstić information content (AvgIpc) is 2.59. The number of nitrogens with one attached hydrogen (secondary N) is 1. The lowest BCUT2D eigenvalue weighted by molar-refractivity contribution is 0.607.